The minimum absolute atomic E-state index is 0.00910. The van der Waals surface area contributed by atoms with E-state index in [1.54, 1.807) is 17.5 Å². The fraction of sp³-hybridized carbons (Fsp3) is 0.733. The average molecular weight is 310 g/mol. The highest BCUT2D eigenvalue weighted by Gasteiger charge is 2.40. The number of urea groups is 1. The molecule has 2 rings (SSSR count). The Bertz CT molecular complexity index is 456. The second-order valence-electron chi connectivity index (χ2n) is 6.11. The van der Waals surface area contributed by atoms with Crippen molar-refractivity contribution in [3.8, 4) is 0 Å². The van der Waals surface area contributed by atoms with E-state index in [1.165, 1.54) is 19.3 Å². The zero-order valence-electron chi connectivity index (χ0n) is 13.4. The van der Waals surface area contributed by atoms with E-state index in [0.29, 0.717) is 0 Å². The van der Waals surface area contributed by atoms with Gasteiger partial charge in [0.2, 0.25) is 0 Å². The number of amides is 2. The number of hydrogen-bond donors (Lipinski definition) is 1. The van der Waals surface area contributed by atoms with Crippen molar-refractivity contribution in [1.82, 2.24) is 20.1 Å². The Hall–Kier alpha value is -1.14. The zero-order chi connectivity index (χ0) is 15.5. The third-order valence-electron chi connectivity index (χ3n) is 4.57. The van der Waals surface area contributed by atoms with Crippen molar-refractivity contribution in [3.05, 3.63) is 16.6 Å². The van der Waals surface area contributed by atoms with Gasteiger partial charge in [-0.25, -0.2) is 9.78 Å². The van der Waals surface area contributed by atoms with E-state index < -0.39 is 0 Å². The molecule has 118 valence electrons. The minimum Gasteiger partial charge on any atom is -0.329 e. The number of likely N-dealkylation sites (N-methyl/N-ethyl adjacent to an activating group) is 2. The Kier molecular flexibility index (Phi) is 5.22. The van der Waals surface area contributed by atoms with Crippen LogP contribution in [0.3, 0.4) is 0 Å². The summed E-state index contributed by atoms with van der Waals surface area (Å²) >= 11 is 1.59. The van der Waals surface area contributed by atoms with Gasteiger partial charge in [-0.3, -0.25) is 0 Å². The molecule has 1 heterocycles. The van der Waals surface area contributed by atoms with Gasteiger partial charge in [0.25, 0.3) is 0 Å². The lowest BCUT2D eigenvalue weighted by molar-refractivity contribution is 0.0360. The predicted molar refractivity (Wildman–Crippen MR) is 86.6 cm³/mol. The molecular weight excluding hydrogens is 284 g/mol. The standard InChI is InChI=1S/C15H26N4OS/c1-5-12(13-16-9-10-21-13)17-14(20)19(4)11-15(18(2)3)7-6-8-15/h9-10,12H,5-8,11H2,1-4H3,(H,17,20). The van der Waals surface area contributed by atoms with E-state index in [-0.39, 0.29) is 17.6 Å². The first kappa shape index (κ1) is 16.2. The molecule has 0 spiro atoms. The van der Waals surface area contributed by atoms with Crippen LogP contribution in [-0.4, -0.2) is 54.0 Å². The van der Waals surface area contributed by atoms with Crippen LogP contribution in [0.2, 0.25) is 0 Å². The molecule has 1 aliphatic carbocycles. The number of carbonyl (C=O) groups is 1. The van der Waals surface area contributed by atoms with Gasteiger partial charge in [-0.1, -0.05) is 6.92 Å². The molecule has 1 saturated carbocycles. The summed E-state index contributed by atoms with van der Waals surface area (Å²) in [6.07, 6.45) is 6.23. The molecule has 1 unspecified atom stereocenters. The second kappa shape index (κ2) is 6.75. The van der Waals surface area contributed by atoms with E-state index in [1.807, 2.05) is 17.3 Å². The first-order valence-corrected chi connectivity index (χ1v) is 8.45. The van der Waals surface area contributed by atoms with Gasteiger partial charge in [-0.05, 0) is 39.8 Å². The largest absolute Gasteiger partial charge is 0.329 e. The number of aromatic nitrogens is 1. The molecule has 1 aliphatic rings. The maximum Gasteiger partial charge on any atom is 0.317 e. The number of hydrogen-bond acceptors (Lipinski definition) is 4. The lowest BCUT2D eigenvalue weighted by atomic mass is 9.75. The lowest BCUT2D eigenvalue weighted by Crippen LogP contribution is -2.58. The van der Waals surface area contributed by atoms with Crippen LogP contribution in [0.15, 0.2) is 11.6 Å². The maximum absolute atomic E-state index is 12.4. The first-order valence-electron chi connectivity index (χ1n) is 7.57. The van der Waals surface area contributed by atoms with Crippen LogP contribution in [-0.2, 0) is 0 Å². The monoisotopic (exact) mass is 310 g/mol. The summed E-state index contributed by atoms with van der Waals surface area (Å²) in [5.74, 6) is 0. The number of rotatable bonds is 6. The smallest absolute Gasteiger partial charge is 0.317 e. The highest BCUT2D eigenvalue weighted by molar-refractivity contribution is 7.09. The van der Waals surface area contributed by atoms with Crippen molar-refractivity contribution in [3.63, 3.8) is 0 Å². The molecular formula is C15H26N4OS. The average Bonchev–Trinajstić information content (AvgIpc) is 2.92. The minimum atomic E-state index is -0.00910. The van der Waals surface area contributed by atoms with E-state index in [2.05, 4.69) is 36.2 Å². The highest BCUT2D eigenvalue weighted by Crippen LogP contribution is 2.36. The number of carbonyl (C=O) groups excluding carboxylic acids is 1. The van der Waals surface area contributed by atoms with Gasteiger partial charge in [0.1, 0.15) is 5.01 Å². The third kappa shape index (κ3) is 3.55. The summed E-state index contributed by atoms with van der Waals surface area (Å²) in [6.45, 7) is 2.85. The first-order chi connectivity index (χ1) is 9.98. The Morgan fingerprint density at radius 2 is 2.19 bits per heavy atom. The van der Waals surface area contributed by atoms with Crippen molar-refractivity contribution in [2.75, 3.05) is 27.7 Å². The summed E-state index contributed by atoms with van der Waals surface area (Å²) in [4.78, 5) is 20.8. The predicted octanol–water partition coefficient (Wildman–Crippen LogP) is 2.72. The van der Waals surface area contributed by atoms with Crippen molar-refractivity contribution in [2.45, 2.75) is 44.2 Å². The Morgan fingerprint density at radius 3 is 2.62 bits per heavy atom. The summed E-state index contributed by atoms with van der Waals surface area (Å²) in [5, 5.41) is 6.02. The molecule has 2 amide bonds. The molecule has 1 aromatic heterocycles. The Morgan fingerprint density at radius 1 is 1.48 bits per heavy atom. The van der Waals surface area contributed by atoms with E-state index >= 15 is 0 Å². The Balaban J connectivity index is 1.93. The molecule has 0 bridgehead atoms. The number of nitrogens with zero attached hydrogens (tertiary/aromatic N) is 3. The van der Waals surface area contributed by atoms with Gasteiger partial charge in [0.15, 0.2) is 0 Å². The van der Waals surface area contributed by atoms with Crippen LogP contribution in [0, 0.1) is 0 Å². The van der Waals surface area contributed by atoms with Gasteiger partial charge >= 0.3 is 6.03 Å². The van der Waals surface area contributed by atoms with Crippen LogP contribution in [0.25, 0.3) is 0 Å². The quantitative estimate of drug-likeness (QED) is 0.879. The molecule has 1 atom stereocenters. The van der Waals surface area contributed by atoms with Crippen LogP contribution in [0.1, 0.15) is 43.7 Å². The van der Waals surface area contributed by atoms with Gasteiger partial charge in [0.05, 0.1) is 6.04 Å². The molecule has 0 aliphatic heterocycles. The van der Waals surface area contributed by atoms with Gasteiger partial charge < -0.3 is 15.1 Å². The van der Waals surface area contributed by atoms with Crippen LogP contribution < -0.4 is 5.32 Å². The summed E-state index contributed by atoms with van der Waals surface area (Å²) in [5.41, 5.74) is 0.162. The molecule has 1 N–H and O–H groups in total. The highest BCUT2D eigenvalue weighted by atomic mass is 32.1. The summed E-state index contributed by atoms with van der Waals surface area (Å²) in [6, 6.07) is 0.00169. The van der Waals surface area contributed by atoms with E-state index in [4.69, 9.17) is 0 Å². The molecule has 6 heteroatoms. The topological polar surface area (TPSA) is 48.5 Å². The molecule has 0 saturated heterocycles. The Labute approximate surface area is 131 Å². The van der Waals surface area contributed by atoms with Crippen molar-refractivity contribution < 1.29 is 4.79 Å². The van der Waals surface area contributed by atoms with E-state index in [9.17, 15) is 4.79 Å². The molecule has 0 aromatic carbocycles. The van der Waals surface area contributed by atoms with Crippen LogP contribution in [0.4, 0.5) is 4.79 Å². The molecule has 0 radical (unpaired) electrons. The normalized spacial score (nSPS) is 18.1. The van der Waals surface area contributed by atoms with Crippen molar-refractivity contribution >= 4 is 17.4 Å². The fourth-order valence-corrected chi connectivity index (χ4v) is 3.62. The molecule has 21 heavy (non-hydrogen) atoms. The van der Waals surface area contributed by atoms with Crippen LogP contribution >= 0.6 is 11.3 Å². The maximum atomic E-state index is 12.4. The van der Waals surface area contributed by atoms with Gasteiger partial charge in [-0.15, -0.1) is 11.3 Å². The molecule has 5 nitrogen and oxygen atoms in total. The molecule has 1 fully saturated rings. The zero-order valence-corrected chi connectivity index (χ0v) is 14.2. The van der Waals surface area contributed by atoms with E-state index in [0.717, 1.165) is 18.0 Å². The van der Waals surface area contributed by atoms with Crippen molar-refractivity contribution in [2.24, 2.45) is 0 Å². The van der Waals surface area contributed by atoms with Gasteiger partial charge in [-0.2, -0.15) is 0 Å². The lowest BCUT2D eigenvalue weighted by Gasteiger charge is -2.49. The number of nitrogens with one attached hydrogen (secondary N) is 1. The SMILES string of the molecule is CCC(NC(=O)N(C)CC1(N(C)C)CCC1)c1nccs1. The fourth-order valence-electron chi connectivity index (χ4n) is 2.85. The van der Waals surface area contributed by atoms with Gasteiger partial charge in [0, 0.05) is 30.7 Å². The van der Waals surface area contributed by atoms with Crippen LogP contribution in [0.5, 0.6) is 0 Å². The third-order valence-corrected chi connectivity index (χ3v) is 5.46. The number of thiazole rings is 1. The summed E-state index contributed by atoms with van der Waals surface area (Å²) < 4.78 is 0. The second-order valence-corrected chi connectivity index (χ2v) is 7.04. The van der Waals surface area contributed by atoms with Crippen molar-refractivity contribution in [1.29, 1.82) is 0 Å². The molecule has 1 aromatic rings. The summed E-state index contributed by atoms with van der Waals surface area (Å²) in [7, 11) is 6.10.